The Kier molecular flexibility index (Phi) is 6.29. The number of H-pyrrole nitrogens is 1. The minimum Gasteiger partial charge on any atom is -0.360 e. The number of anilines is 1. The van der Waals surface area contributed by atoms with E-state index in [0.29, 0.717) is 22.9 Å². The molecule has 1 atom stereocenters. The number of benzene rings is 1. The molecule has 8 nitrogen and oxygen atoms in total. The normalized spacial score (nSPS) is 17.2. The molecule has 2 heterocycles. The molecule has 0 bridgehead atoms. The Morgan fingerprint density at radius 2 is 1.82 bits per heavy atom. The summed E-state index contributed by atoms with van der Waals surface area (Å²) >= 11 is 0. The van der Waals surface area contributed by atoms with Crippen LogP contribution in [0.4, 0.5) is 5.69 Å². The van der Waals surface area contributed by atoms with E-state index in [9.17, 15) is 14.4 Å². The van der Waals surface area contributed by atoms with Gasteiger partial charge in [-0.2, -0.15) is 0 Å². The Morgan fingerprint density at radius 3 is 2.56 bits per heavy atom. The number of carbonyl (C=O) groups is 2. The standard InChI is InChI=1S/C26H28N4O4/c31-23-12-11-20(15-27-23)28-25(32)19-8-4-7-18(13-19)24(17-5-2-1-3-6-17)29-26(33)21-14-22(34-30-21)16-9-10-16/h4,7-8,11-17,24H,1-3,5-6,9-10H2,(H,27,31)(H,28,32)(H,29,33). The summed E-state index contributed by atoms with van der Waals surface area (Å²) in [7, 11) is 0. The third-order valence-corrected chi connectivity index (χ3v) is 6.70. The fourth-order valence-corrected chi connectivity index (χ4v) is 4.68. The Hall–Kier alpha value is -3.68. The molecule has 3 N–H and O–H groups in total. The number of carbonyl (C=O) groups excluding carboxylic acids is 2. The van der Waals surface area contributed by atoms with Crippen LogP contribution in [0.15, 0.2) is 58.0 Å². The topological polar surface area (TPSA) is 117 Å². The zero-order chi connectivity index (χ0) is 23.5. The number of aromatic nitrogens is 2. The van der Waals surface area contributed by atoms with Gasteiger partial charge in [-0.1, -0.05) is 36.6 Å². The third-order valence-electron chi connectivity index (χ3n) is 6.70. The van der Waals surface area contributed by atoms with E-state index in [4.69, 9.17) is 4.52 Å². The van der Waals surface area contributed by atoms with E-state index < -0.39 is 0 Å². The molecule has 34 heavy (non-hydrogen) atoms. The average molecular weight is 461 g/mol. The minimum absolute atomic E-state index is 0.227. The van der Waals surface area contributed by atoms with Crippen molar-refractivity contribution in [3.8, 4) is 0 Å². The molecule has 2 saturated carbocycles. The lowest BCUT2D eigenvalue weighted by atomic mass is 9.80. The smallest absolute Gasteiger partial charge is 0.273 e. The van der Waals surface area contributed by atoms with Crippen molar-refractivity contribution in [1.29, 1.82) is 0 Å². The van der Waals surface area contributed by atoms with Crippen molar-refractivity contribution in [3.63, 3.8) is 0 Å². The van der Waals surface area contributed by atoms with Gasteiger partial charge in [-0.25, -0.2) is 0 Å². The Labute approximate surface area is 197 Å². The van der Waals surface area contributed by atoms with E-state index in [-0.39, 0.29) is 29.3 Å². The molecule has 2 aliphatic carbocycles. The summed E-state index contributed by atoms with van der Waals surface area (Å²) in [5.74, 6) is 0.911. The second-order valence-electron chi connectivity index (χ2n) is 9.26. The lowest BCUT2D eigenvalue weighted by Gasteiger charge is -2.31. The highest BCUT2D eigenvalue weighted by Crippen LogP contribution is 2.40. The Morgan fingerprint density at radius 1 is 1.00 bits per heavy atom. The van der Waals surface area contributed by atoms with Gasteiger partial charge in [0.2, 0.25) is 5.56 Å². The first-order valence-electron chi connectivity index (χ1n) is 11.9. The van der Waals surface area contributed by atoms with Gasteiger partial charge in [0.25, 0.3) is 11.8 Å². The van der Waals surface area contributed by atoms with Gasteiger partial charge in [-0.3, -0.25) is 14.4 Å². The molecule has 2 fully saturated rings. The summed E-state index contributed by atoms with van der Waals surface area (Å²) in [5, 5.41) is 9.97. The first-order valence-corrected chi connectivity index (χ1v) is 11.9. The van der Waals surface area contributed by atoms with Crippen LogP contribution in [0.5, 0.6) is 0 Å². The number of amides is 2. The minimum atomic E-state index is -0.284. The number of hydrogen-bond acceptors (Lipinski definition) is 5. The van der Waals surface area contributed by atoms with Crippen LogP contribution in [0, 0.1) is 5.92 Å². The van der Waals surface area contributed by atoms with Gasteiger partial charge in [0.15, 0.2) is 5.69 Å². The van der Waals surface area contributed by atoms with Crippen molar-refractivity contribution in [3.05, 3.63) is 81.6 Å². The lowest BCUT2D eigenvalue weighted by molar-refractivity contribution is 0.0903. The first-order chi connectivity index (χ1) is 16.6. The quantitative estimate of drug-likeness (QED) is 0.478. The second kappa shape index (κ2) is 9.67. The van der Waals surface area contributed by atoms with Crippen molar-refractivity contribution in [2.45, 2.75) is 56.9 Å². The third kappa shape index (κ3) is 5.11. The number of aromatic amines is 1. The summed E-state index contributed by atoms with van der Waals surface area (Å²) in [5.41, 5.74) is 1.94. The van der Waals surface area contributed by atoms with Crippen molar-refractivity contribution in [2.75, 3.05) is 5.32 Å². The number of rotatable bonds is 7. The summed E-state index contributed by atoms with van der Waals surface area (Å²) < 4.78 is 5.37. The SMILES string of the molecule is O=C(Nc1ccc(=O)[nH]c1)c1cccc(C(NC(=O)c2cc(C3CC3)on2)C2CCCCC2)c1. The molecule has 2 aromatic heterocycles. The molecule has 0 aliphatic heterocycles. The van der Waals surface area contributed by atoms with Crippen LogP contribution in [-0.4, -0.2) is 22.0 Å². The van der Waals surface area contributed by atoms with Gasteiger partial charge in [-0.05, 0) is 55.4 Å². The van der Waals surface area contributed by atoms with Gasteiger partial charge in [0.05, 0.1) is 11.7 Å². The molecular formula is C26H28N4O4. The molecule has 0 radical (unpaired) electrons. The molecule has 1 unspecified atom stereocenters. The maximum atomic E-state index is 13.1. The molecule has 2 amide bonds. The Bertz CT molecular complexity index is 1220. The summed E-state index contributed by atoms with van der Waals surface area (Å²) in [6.45, 7) is 0. The highest BCUT2D eigenvalue weighted by molar-refractivity contribution is 6.04. The van der Waals surface area contributed by atoms with E-state index in [0.717, 1.165) is 49.8 Å². The fourth-order valence-electron chi connectivity index (χ4n) is 4.68. The fraction of sp³-hybridized carbons (Fsp3) is 0.385. The van der Waals surface area contributed by atoms with Gasteiger partial charge >= 0.3 is 0 Å². The van der Waals surface area contributed by atoms with E-state index in [2.05, 4.69) is 20.8 Å². The highest BCUT2D eigenvalue weighted by atomic mass is 16.5. The molecule has 1 aromatic carbocycles. The molecular weight excluding hydrogens is 432 g/mol. The maximum Gasteiger partial charge on any atom is 0.273 e. The van der Waals surface area contributed by atoms with Gasteiger partial charge < -0.3 is 20.1 Å². The van der Waals surface area contributed by atoms with Gasteiger partial charge in [0.1, 0.15) is 5.76 Å². The molecule has 5 rings (SSSR count). The van der Waals surface area contributed by atoms with Crippen LogP contribution in [0.1, 0.15) is 89.1 Å². The van der Waals surface area contributed by atoms with Crippen LogP contribution < -0.4 is 16.2 Å². The van der Waals surface area contributed by atoms with E-state index in [1.807, 2.05) is 18.2 Å². The highest BCUT2D eigenvalue weighted by Gasteiger charge is 2.31. The largest absolute Gasteiger partial charge is 0.360 e. The van der Waals surface area contributed by atoms with Crippen LogP contribution in [-0.2, 0) is 0 Å². The number of pyridine rings is 1. The van der Waals surface area contributed by atoms with Crippen molar-refractivity contribution in [2.24, 2.45) is 5.92 Å². The summed E-state index contributed by atoms with van der Waals surface area (Å²) in [6, 6.07) is 11.8. The molecule has 176 valence electrons. The molecule has 0 spiro atoms. The van der Waals surface area contributed by atoms with E-state index in [1.165, 1.54) is 18.7 Å². The first kappa shape index (κ1) is 22.1. The lowest BCUT2D eigenvalue weighted by Crippen LogP contribution is -2.34. The predicted molar refractivity (Wildman–Crippen MR) is 127 cm³/mol. The monoisotopic (exact) mass is 460 g/mol. The van der Waals surface area contributed by atoms with Crippen LogP contribution in [0.3, 0.4) is 0 Å². The van der Waals surface area contributed by atoms with Crippen molar-refractivity contribution < 1.29 is 14.1 Å². The van der Waals surface area contributed by atoms with Crippen LogP contribution in [0.25, 0.3) is 0 Å². The zero-order valence-electron chi connectivity index (χ0n) is 18.9. The van der Waals surface area contributed by atoms with Crippen LogP contribution >= 0.6 is 0 Å². The van der Waals surface area contributed by atoms with Gasteiger partial charge in [0, 0.05) is 29.8 Å². The molecule has 3 aromatic rings. The predicted octanol–water partition coefficient (Wildman–Crippen LogP) is 4.54. The summed E-state index contributed by atoms with van der Waals surface area (Å²) in [4.78, 5) is 39.7. The van der Waals surface area contributed by atoms with E-state index >= 15 is 0 Å². The maximum absolute atomic E-state index is 13.1. The molecule has 2 aliphatic rings. The summed E-state index contributed by atoms with van der Waals surface area (Å²) in [6.07, 6.45) is 9.10. The molecule has 8 heteroatoms. The van der Waals surface area contributed by atoms with E-state index in [1.54, 1.807) is 18.2 Å². The average Bonchev–Trinajstić information content (AvgIpc) is 3.60. The zero-order valence-corrected chi connectivity index (χ0v) is 18.9. The number of nitrogens with zero attached hydrogens (tertiary/aromatic N) is 1. The van der Waals surface area contributed by atoms with Crippen LogP contribution in [0.2, 0.25) is 0 Å². The molecule has 0 saturated heterocycles. The van der Waals surface area contributed by atoms with Crippen molar-refractivity contribution in [1.82, 2.24) is 15.5 Å². The van der Waals surface area contributed by atoms with Gasteiger partial charge in [-0.15, -0.1) is 0 Å². The van der Waals surface area contributed by atoms with Crippen molar-refractivity contribution >= 4 is 17.5 Å². The second-order valence-corrected chi connectivity index (χ2v) is 9.26. The Balaban J connectivity index is 1.36. The number of hydrogen-bond donors (Lipinski definition) is 3. The number of nitrogens with one attached hydrogen (secondary N) is 3.